The molecule has 0 aliphatic carbocycles. The number of rotatable bonds is 3. The van der Waals surface area contributed by atoms with E-state index >= 15 is 0 Å². The van der Waals surface area contributed by atoms with Gasteiger partial charge in [0.05, 0.1) is 10.9 Å². The minimum absolute atomic E-state index is 0.184. The SMILES string of the molecule is C[C@@H](CN)NC(=O)c1cnc2c(c1)c(=O)n(C)c(=O)n2C. The summed E-state index contributed by atoms with van der Waals surface area (Å²) in [7, 11) is 2.90. The number of nitrogens with one attached hydrogen (secondary N) is 1. The number of hydrogen-bond acceptors (Lipinski definition) is 5. The third kappa shape index (κ3) is 2.57. The van der Waals surface area contributed by atoms with Crippen molar-refractivity contribution >= 4 is 16.9 Å². The Morgan fingerprint density at radius 3 is 2.67 bits per heavy atom. The molecule has 8 heteroatoms. The van der Waals surface area contributed by atoms with Crippen molar-refractivity contribution < 1.29 is 4.79 Å². The van der Waals surface area contributed by atoms with E-state index in [4.69, 9.17) is 5.73 Å². The second kappa shape index (κ2) is 5.49. The molecule has 2 heterocycles. The Morgan fingerprint density at radius 2 is 2.05 bits per heavy atom. The molecular weight excluding hydrogens is 274 g/mol. The second-order valence-electron chi connectivity index (χ2n) is 4.91. The topological polar surface area (TPSA) is 112 Å². The van der Waals surface area contributed by atoms with E-state index in [9.17, 15) is 14.4 Å². The average Bonchev–Trinajstić information content (AvgIpc) is 2.49. The molecule has 0 spiro atoms. The van der Waals surface area contributed by atoms with Gasteiger partial charge >= 0.3 is 5.69 Å². The molecule has 0 unspecified atom stereocenters. The van der Waals surface area contributed by atoms with Crippen molar-refractivity contribution in [2.45, 2.75) is 13.0 Å². The van der Waals surface area contributed by atoms with Gasteiger partial charge in [-0.2, -0.15) is 0 Å². The van der Waals surface area contributed by atoms with Crippen LogP contribution in [0.5, 0.6) is 0 Å². The van der Waals surface area contributed by atoms with Gasteiger partial charge in [0.2, 0.25) is 0 Å². The predicted molar refractivity (Wildman–Crippen MR) is 78.2 cm³/mol. The van der Waals surface area contributed by atoms with Crippen molar-refractivity contribution in [3.8, 4) is 0 Å². The number of amides is 1. The summed E-state index contributed by atoms with van der Waals surface area (Å²) in [5, 5.41) is 2.90. The van der Waals surface area contributed by atoms with Crippen molar-refractivity contribution in [3.63, 3.8) is 0 Å². The second-order valence-corrected chi connectivity index (χ2v) is 4.91. The summed E-state index contributed by atoms with van der Waals surface area (Å²) < 4.78 is 2.25. The lowest BCUT2D eigenvalue weighted by atomic mass is 10.2. The molecule has 21 heavy (non-hydrogen) atoms. The molecule has 112 valence electrons. The molecule has 2 aromatic rings. The number of carbonyl (C=O) groups is 1. The normalized spacial score (nSPS) is 12.4. The standard InChI is InChI=1S/C13H17N5O3/c1-7(5-14)16-11(19)8-4-9-10(15-6-8)17(2)13(21)18(3)12(9)20/h4,6-7H,5,14H2,1-3H3,(H,16,19)/t7-/m0/s1. The van der Waals surface area contributed by atoms with E-state index in [0.29, 0.717) is 6.54 Å². The fourth-order valence-electron chi connectivity index (χ4n) is 1.96. The molecule has 2 rings (SSSR count). The first kappa shape index (κ1) is 14.9. The Kier molecular flexibility index (Phi) is 3.90. The molecule has 0 aliphatic heterocycles. The number of nitrogens with zero attached hydrogens (tertiary/aromatic N) is 3. The zero-order valence-corrected chi connectivity index (χ0v) is 12.1. The molecule has 0 radical (unpaired) electrons. The van der Waals surface area contributed by atoms with Crippen molar-refractivity contribution in [1.82, 2.24) is 19.4 Å². The number of pyridine rings is 1. The van der Waals surface area contributed by atoms with Gasteiger partial charge in [-0.25, -0.2) is 9.78 Å². The third-order valence-electron chi connectivity index (χ3n) is 3.29. The third-order valence-corrected chi connectivity index (χ3v) is 3.29. The highest BCUT2D eigenvalue weighted by molar-refractivity contribution is 5.96. The van der Waals surface area contributed by atoms with Gasteiger partial charge in [0, 0.05) is 32.9 Å². The van der Waals surface area contributed by atoms with Crippen LogP contribution in [0.4, 0.5) is 0 Å². The summed E-state index contributed by atoms with van der Waals surface area (Å²) in [5.41, 5.74) is 4.99. The zero-order chi connectivity index (χ0) is 15.7. The average molecular weight is 291 g/mol. The molecule has 1 atom stereocenters. The van der Waals surface area contributed by atoms with E-state index in [1.165, 1.54) is 30.9 Å². The Labute approximate surface area is 120 Å². The van der Waals surface area contributed by atoms with Crippen LogP contribution in [0.3, 0.4) is 0 Å². The van der Waals surface area contributed by atoms with Crippen molar-refractivity contribution in [3.05, 3.63) is 38.7 Å². The van der Waals surface area contributed by atoms with E-state index in [0.717, 1.165) is 4.57 Å². The number of hydrogen-bond donors (Lipinski definition) is 2. The van der Waals surface area contributed by atoms with Crippen LogP contribution in [0.25, 0.3) is 11.0 Å². The highest BCUT2D eigenvalue weighted by Gasteiger charge is 2.14. The monoisotopic (exact) mass is 291 g/mol. The van der Waals surface area contributed by atoms with E-state index in [1.54, 1.807) is 6.92 Å². The van der Waals surface area contributed by atoms with Crippen LogP contribution >= 0.6 is 0 Å². The lowest BCUT2D eigenvalue weighted by molar-refractivity contribution is 0.0941. The maximum absolute atomic E-state index is 12.1. The van der Waals surface area contributed by atoms with Crippen LogP contribution in [0, 0.1) is 0 Å². The fourth-order valence-corrected chi connectivity index (χ4v) is 1.96. The summed E-state index contributed by atoms with van der Waals surface area (Å²) in [6.45, 7) is 2.08. The maximum atomic E-state index is 12.1. The minimum Gasteiger partial charge on any atom is -0.348 e. The summed E-state index contributed by atoms with van der Waals surface area (Å²) >= 11 is 0. The quantitative estimate of drug-likeness (QED) is 0.730. The molecule has 2 aromatic heterocycles. The maximum Gasteiger partial charge on any atom is 0.332 e. The Morgan fingerprint density at radius 1 is 1.38 bits per heavy atom. The van der Waals surface area contributed by atoms with Gasteiger partial charge in [-0.15, -0.1) is 0 Å². The van der Waals surface area contributed by atoms with Crippen LogP contribution in [-0.2, 0) is 14.1 Å². The van der Waals surface area contributed by atoms with E-state index in [2.05, 4.69) is 10.3 Å². The van der Waals surface area contributed by atoms with Gasteiger partial charge < -0.3 is 11.1 Å². The van der Waals surface area contributed by atoms with Crippen molar-refractivity contribution in [2.24, 2.45) is 19.8 Å². The lowest BCUT2D eigenvalue weighted by Crippen LogP contribution is -2.39. The number of carbonyl (C=O) groups excluding carboxylic acids is 1. The summed E-state index contributed by atoms with van der Waals surface area (Å²) in [6.07, 6.45) is 1.33. The van der Waals surface area contributed by atoms with Crippen molar-refractivity contribution in [1.29, 1.82) is 0 Å². The van der Waals surface area contributed by atoms with Crippen LogP contribution in [-0.4, -0.2) is 32.6 Å². The lowest BCUT2D eigenvalue weighted by Gasteiger charge is -2.12. The van der Waals surface area contributed by atoms with Crippen LogP contribution in [0.15, 0.2) is 21.9 Å². The highest BCUT2D eigenvalue weighted by Crippen LogP contribution is 2.07. The first-order chi connectivity index (χ1) is 9.86. The van der Waals surface area contributed by atoms with Crippen LogP contribution in [0.2, 0.25) is 0 Å². The van der Waals surface area contributed by atoms with E-state index < -0.39 is 11.2 Å². The number of fused-ring (bicyclic) bond motifs is 1. The summed E-state index contributed by atoms with van der Waals surface area (Å²) in [5.74, 6) is -0.363. The fraction of sp³-hybridized carbons (Fsp3) is 0.385. The number of aryl methyl sites for hydroxylation is 1. The highest BCUT2D eigenvalue weighted by atomic mass is 16.2. The predicted octanol–water partition coefficient (Wildman–Crippen LogP) is -1.29. The number of aromatic nitrogens is 3. The van der Waals surface area contributed by atoms with Crippen LogP contribution < -0.4 is 22.3 Å². The molecule has 0 saturated heterocycles. The van der Waals surface area contributed by atoms with E-state index in [-0.39, 0.29) is 28.5 Å². The molecule has 8 nitrogen and oxygen atoms in total. The van der Waals surface area contributed by atoms with Gasteiger partial charge in [0.1, 0.15) is 5.65 Å². The molecule has 0 fully saturated rings. The van der Waals surface area contributed by atoms with Gasteiger partial charge in [-0.3, -0.25) is 18.7 Å². The first-order valence-corrected chi connectivity index (χ1v) is 6.43. The number of nitrogens with two attached hydrogens (primary N) is 1. The smallest absolute Gasteiger partial charge is 0.332 e. The summed E-state index contributed by atoms with van der Waals surface area (Å²) in [4.78, 5) is 40.0. The van der Waals surface area contributed by atoms with Gasteiger partial charge in [0.15, 0.2) is 0 Å². The Balaban J connectivity index is 2.60. The summed E-state index contributed by atoms with van der Waals surface area (Å²) in [6, 6.07) is 1.25. The molecular formula is C13H17N5O3. The molecule has 0 bridgehead atoms. The van der Waals surface area contributed by atoms with Gasteiger partial charge in [0.25, 0.3) is 11.5 Å². The minimum atomic E-state index is -0.484. The zero-order valence-electron chi connectivity index (χ0n) is 12.1. The Bertz CT molecular complexity index is 821. The first-order valence-electron chi connectivity index (χ1n) is 6.43. The molecule has 0 saturated carbocycles. The van der Waals surface area contributed by atoms with Crippen molar-refractivity contribution in [2.75, 3.05) is 6.54 Å². The largest absolute Gasteiger partial charge is 0.348 e. The molecule has 3 N–H and O–H groups in total. The van der Waals surface area contributed by atoms with Gasteiger partial charge in [-0.1, -0.05) is 0 Å². The molecule has 0 aliphatic rings. The molecule has 1 amide bonds. The van der Waals surface area contributed by atoms with Gasteiger partial charge in [-0.05, 0) is 13.0 Å². The Hall–Kier alpha value is -2.48. The van der Waals surface area contributed by atoms with Crippen LogP contribution in [0.1, 0.15) is 17.3 Å². The molecule has 0 aromatic carbocycles. The van der Waals surface area contributed by atoms with E-state index in [1.807, 2.05) is 0 Å².